The number of aryl methyl sites for hydroxylation is 1. The first-order valence-corrected chi connectivity index (χ1v) is 8.00. The van der Waals surface area contributed by atoms with Gasteiger partial charge in [-0.05, 0) is 38.2 Å². The molecule has 1 rings (SSSR count). The molecule has 1 nitrogen and oxygen atoms in total. The molecule has 1 aromatic carbocycles. The van der Waals surface area contributed by atoms with E-state index < -0.39 is 5.60 Å². The maximum Gasteiger partial charge on any atom is 0.0936 e. The number of benzene rings is 1. The minimum atomic E-state index is -0.921. The molecule has 21 heavy (non-hydrogen) atoms. The number of hydrogen-bond acceptors (Lipinski definition) is 1. The van der Waals surface area contributed by atoms with E-state index in [4.69, 9.17) is 6.42 Å². The van der Waals surface area contributed by atoms with Gasteiger partial charge in [0.25, 0.3) is 0 Å². The summed E-state index contributed by atoms with van der Waals surface area (Å²) in [6.45, 7) is 4.01. The van der Waals surface area contributed by atoms with Gasteiger partial charge in [0, 0.05) is 0 Å². The highest BCUT2D eigenvalue weighted by Gasteiger charge is 2.27. The van der Waals surface area contributed by atoms with E-state index in [0.717, 1.165) is 19.3 Å². The van der Waals surface area contributed by atoms with Gasteiger partial charge in [0.2, 0.25) is 0 Å². The normalized spacial score (nSPS) is 15.5. The third-order valence-electron chi connectivity index (χ3n) is 3.90. The minimum Gasteiger partial charge on any atom is -0.385 e. The molecule has 0 heterocycles. The SMILES string of the molecule is C#C[C@@H](CCc1ccccc1)[C@](C)(O)/C=C/CCCCC. The first-order chi connectivity index (χ1) is 10.1. The van der Waals surface area contributed by atoms with Gasteiger partial charge in [0.05, 0.1) is 11.5 Å². The van der Waals surface area contributed by atoms with E-state index in [0.29, 0.717) is 0 Å². The van der Waals surface area contributed by atoms with Crippen molar-refractivity contribution in [3.63, 3.8) is 0 Å². The molecule has 0 saturated heterocycles. The molecule has 0 aliphatic carbocycles. The summed E-state index contributed by atoms with van der Waals surface area (Å²) in [7, 11) is 0. The molecule has 0 aliphatic heterocycles. The van der Waals surface area contributed by atoms with Gasteiger partial charge in [0.15, 0.2) is 0 Å². The highest BCUT2D eigenvalue weighted by atomic mass is 16.3. The monoisotopic (exact) mass is 284 g/mol. The molecule has 0 aromatic heterocycles. The zero-order valence-electron chi connectivity index (χ0n) is 13.4. The Hall–Kier alpha value is -1.52. The molecule has 114 valence electrons. The van der Waals surface area contributed by atoms with Crippen molar-refractivity contribution < 1.29 is 5.11 Å². The lowest BCUT2D eigenvalue weighted by atomic mass is 9.84. The van der Waals surface area contributed by atoms with Crippen molar-refractivity contribution in [2.45, 2.75) is 58.0 Å². The first kappa shape index (κ1) is 17.5. The number of terminal acetylenes is 1. The van der Waals surface area contributed by atoms with Crippen LogP contribution in [0.4, 0.5) is 0 Å². The molecule has 1 aromatic rings. The summed E-state index contributed by atoms with van der Waals surface area (Å²) in [6, 6.07) is 10.3. The van der Waals surface area contributed by atoms with E-state index in [1.165, 1.54) is 24.8 Å². The van der Waals surface area contributed by atoms with Crippen molar-refractivity contribution in [3.05, 3.63) is 48.0 Å². The third-order valence-corrected chi connectivity index (χ3v) is 3.90. The Balaban J connectivity index is 2.51. The van der Waals surface area contributed by atoms with Crippen LogP contribution in [0.1, 0.15) is 51.5 Å². The van der Waals surface area contributed by atoms with E-state index in [1.807, 2.05) is 31.2 Å². The second kappa shape index (κ2) is 9.42. The lowest BCUT2D eigenvalue weighted by Gasteiger charge is -2.26. The molecule has 0 bridgehead atoms. The van der Waals surface area contributed by atoms with Crippen LogP contribution in [0.25, 0.3) is 0 Å². The molecule has 0 amide bonds. The Bertz CT molecular complexity index is 450. The van der Waals surface area contributed by atoms with Crippen LogP contribution in [-0.4, -0.2) is 10.7 Å². The maximum atomic E-state index is 10.6. The summed E-state index contributed by atoms with van der Waals surface area (Å²) in [4.78, 5) is 0. The summed E-state index contributed by atoms with van der Waals surface area (Å²) in [5, 5.41) is 10.6. The zero-order valence-corrected chi connectivity index (χ0v) is 13.4. The minimum absolute atomic E-state index is 0.153. The molecule has 0 radical (unpaired) electrons. The smallest absolute Gasteiger partial charge is 0.0936 e. The summed E-state index contributed by atoms with van der Waals surface area (Å²) in [6.07, 6.45) is 15.9. The average molecular weight is 284 g/mol. The first-order valence-electron chi connectivity index (χ1n) is 8.00. The van der Waals surface area contributed by atoms with E-state index in [2.05, 4.69) is 31.1 Å². The molecule has 0 saturated carbocycles. The van der Waals surface area contributed by atoms with Gasteiger partial charge in [-0.15, -0.1) is 6.42 Å². The Labute approximate surface area is 130 Å². The van der Waals surface area contributed by atoms with Gasteiger partial charge < -0.3 is 5.11 Å². The Morgan fingerprint density at radius 2 is 2.00 bits per heavy atom. The van der Waals surface area contributed by atoms with E-state index in [1.54, 1.807) is 0 Å². The van der Waals surface area contributed by atoms with Gasteiger partial charge in [-0.2, -0.15) is 0 Å². The molecule has 0 unspecified atom stereocenters. The van der Waals surface area contributed by atoms with Crippen LogP contribution < -0.4 is 0 Å². The van der Waals surface area contributed by atoms with Crippen molar-refractivity contribution in [1.29, 1.82) is 0 Å². The fraction of sp³-hybridized carbons (Fsp3) is 0.500. The molecule has 0 spiro atoms. The molecule has 0 aliphatic rings. The summed E-state index contributed by atoms with van der Waals surface area (Å²) < 4.78 is 0. The van der Waals surface area contributed by atoms with Gasteiger partial charge in [-0.1, -0.05) is 68.2 Å². The van der Waals surface area contributed by atoms with Crippen molar-refractivity contribution in [2.75, 3.05) is 0 Å². The van der Waals surface area contributed by atoms with Crippen LogP contribution >= 0.6 is 0 Å². The lowest BCUT2D eigenvalue weighted by molar-refractivity contribution is 0.0673. The molecule has 1 heteroatoms. The largest absolute Gasteiger partial charge is 0.385 e. The maximum absolute atomic E-state index is 10.6. The number of hydrogen-bond donors (Lipinski definition) is 1. The van der Waals surface area contributed by atoms with Crippen LogP contribution in [0.15, 0.2) is 42.5 Å². The predicted octanol–water partition coefficient (Wildman–Crippen LogP) is 4.76. The van der Waals surface area contributed by atoms with Crippen molar-refractivity contribution in [3.8, 4) is 12.3 Å². The molecule has 2 atom stereocenters. The quantitative estimate of drug-likeness (QED) is 0.394. The van der Waals surface area contributed by atoms with E-state index >= 15 is 0 Å². The van der Waals surface area contributed by atoms with Crippen LogP contribution in [0.2, 0.25) is 0 Å². The van der Waals surface area contributed by atoms with Crippen molar-refractivity contribution in [1.82, 2.24) is 0 Å². The van der Waals surface area contributed by atoms with Crippen LogP contribution in [-0.2, 0) is 6.42 Å². The molecule has 1 N–H and O–H groups in total. The van der Waals surface area contributed by atoms with Crippen LogP contribution in [0, 0.1) is 18.3 Å². The van der Waals surface area contributed by atoms with Gasteiger partial charge >= 0.3 is 0 Å². The van der Waals surface area contributed by atoms with Crippen LogP contribution in [0.5, 0.6) is 0 Å². The van der Waals surface area contributed by atoms with Crippen molar-refractivity contribution in [2.24, 2.45) is 5.92 Å². The topological polar surface area (TPSA) is 20.2 Å². The highest BCUT2D eigenvalue weighted by molar-refractivity contribution is 5.17. The van der Waals surface area contributed by atoms with Gasteiger partial charge in [-0.25, -0.2) is 0 Å². The second-order valence-corrected chi connectivity index (χ2v) is 5.87. The summed E-state index contributed by atoms with van der Waals surface area (Å²) in [5.41, 5.74) is 0.343. The lowest BCUT2D eigenvalue weighted by Crippen LogP contribution is -2.31. The Morgan fingerprint density at radius 1 is 1.29 bits per heavy atom. The number of rotatable bonds is 9. The average Bonchev–Trinajstić information content (AvgIpc) is 2.48. The van der Waals surface area contributed by atoms with Gasteiger partial charge in [0.1, 0.15) is 0 Å². The standard InChI is InChI=1S/C20H28O/c1-4-6-7-8-12-17-20(3,21)19(5-2)16-15-18-13-10-9-11-14-18/h2,9-14,17,19,21H,4,6-8,15-16H2,1,3H3/b17-12+/t19-,20+/m0/s1. The van der Waals surface area contributed by atoms with Crippen molar-refractivity contribution >= 4 is 0 Å². The Morgan fingerprint density at radius 3 is 2.62 bits per heavy atom. The molecule has 0 fully saturated rings. The zero-order chi connectivity index (χ0) is 15.6. The second-order valence-electron chi connectivity index (χ2n) is 5.87. The van der Waals surface area contributed by atoms with E-state index in [9.17, 15) is 5.11 Å². The van der Waals surface area contributed by atoms with E-state index in [-0.39, 0.29) is 5.92 Å². The molecular weight excluding hydrogens is 256 g/mol. The Kier molecular flexibility index (Phi) is 7.87. The van der Waals surface area contributed by atoms with Crippen LogP contribution in [0.3, 0.4) is 0 Å². The fourth-order valence-corrected chi connectivity index (χ4v) is 2.45. The third kappa shape index (κ3) is 6.65. The number of allylic oxidation sites excluding steroid dienone is 1. The fourth-order valence-electron chi connectivity index (χ4n) is 2.45. The number of aliphatic hydroxyl groups is 1. The van der Waals surface area contributed by atoms with Gasteiger partial charge in [-0.3, -0.25) is 0 Å². The summed E-state index contributed by atoms with van der Waals surface area (Å²) in [5.74, 6) is 2.61. The molecular formula is C20H28O. The predicted molar refractivity (Wildman–Crippen MR) is 91.0 cm³/mol. The summed E-state index contributed by atoms with van der Waals surface area (Å²) >= 11 is 0. The highest BCUT2D eigenvalue weighted by Crippen LogP contribution is 2.24. The number of unbranched alkanes of at least 4 members (excludes halogenated alkanes) is 3.